The van der Waals surface area contributed by atoms with Crippen molar-refractivity contribution in [2.75, 3.05) is 24.3 Å². The molecule has 0 unspecified atom stereocenters. The van der Waals surface area contributed by atoms with E-state index in [0.29, 0.717) is 17.1 Å². The SMILES string of the molecule is CC(C)C(=O)Nc1ccc(N(C)C)c(CN(C(=O)c2ccccc2Cl)C2CCCCC2)c1. The van der Waals surface area contributed by atoms with E-state index < -0.39 is 0 Å². The van der Waals surface area contributed by atoms with E-state index in [1.54, 1.807) is 12.1 Å². The molecule has 3 rings (SSSR count). The van der Waals surface area contributed by atoms with Crippen LogP contribution in [0.15, 0.2) is 42.5 Å². The molecule has 0 aromatic heterocycles. The van der Waals surface area contributed by atoms with Gasteiger partial charge in [0, 0.05) is 44.0 Å². The largest absolute Gasteiger partial charge is 0.377 e. The van der Waals surface area contributed by atoms with Crippen LogP contribution >= 0.6 is 11.6 Å². The van der Waals surface area contributed by atoms with Crippen molar-refractivity contribution in [3.63, 3.8) is 0 Å². The topological polar surface area (TPSA) is 52.7 Å². The van der Waals surface area contributed by atoms with Crippen molar-refractivity contribution in [1.82, 2.24) is 4.90 Å². The normalized spacial score (nSPS) is 14.3. The first-order valence-electron chi connectivity index (χ1n) is 11.4. The summed E-state index contributed by atoms with van der Waals surface area (Å²) in [6, 6.07) is 13.3. The van der Waals surface area contributed by atoms with E-state index >= 15 is 0 Å². The Balaban J connectivity index is 1.97. The number of rotatable bonds is 7. The first-order valence-corrected chi connectivity index (χ1v) is 11.8. The highest BCUT2D eigenvalue weighted by Gasteiger charge is 2.28. The number of carbonyl (C=O) groups is 2. The highest BCUT2D eigenvalue weighted by Crippen LogP contribution is 2.31. The smallest absolute Gasteiger partial charge is 0.255 e. The number of nitrogens with one attached hydrogen (secondary N) is 1. The van der Waals surface area contributed by atoms with E-state index in [1.165, 1.54) is 6.42 Å². The van der Waals surface area contributed by atoms with Crippen LogP contribution in [0.25, 0.3) is 0 Å². The van der Waals surface area contributed by atoms with E-state index in [1.807, 2.05) is 68.1 Å². The number of halogens is 1. The van der Waals surface area contributed by atoms with Gasteiger partial charge in [-0.05, 0) is 48.7 Å². The highest BCUT2D eigenvalue weighted by atomic mass is 35.5. The maximum absolute atomic E-state index is 13.7. The van der Waals surface area contributed by atoms with Gasteiger partial charge in [0.25, 0.3) is 5.91 Å². The lowest BCUT2D eigenvalue weighted by atomic mass is 9.93. The zero-order chi connectivity index (χ0) is 23.3. The standard InChI is InChI=1S/C26H34ClN3O2/c1-18(2)25(31)28-20-14-15-24(29(3)4)19(16-20)17-30(21-10-6-5-7-11-21)26(32)22-12-8-9-13-23(22)27/h8-9,12-16,18,21H,5-7,10-11,17H2,1-4H3,(H,28,31). The molecule has 0 atom stereocenters. The number of amides is 2. The van der Waals surface area contributed by atoms with Crippen LogP contribution in [0.5, 0.6) is 0 Å². The Kier molecular flexibility index (Phi) is 8.19. The molecule has 1 saturated carbocycles. The maximum Gasteiger partial charge on any atom is 0.255 e. The second-order valence-electron chi connectivity index (χ2n) is 9.09. The van der Waals surface area contributed by atoms with Crippen LogP contribution in [0.1, 0.15) is 61.9 Å². The van der Waals surface area contributed by atoms with Gasteiger partial charge in [-0.25, -0.2) is 0 Å². The zero-order valence-electron chi connectivity index (χ0n) is 19.5. The number of benzene rings is 2. The molecule has 2 aromatic rings. The van der Waals surface area contributed by atoms with Crippen molar-refractivity contribution in [2.45, 2.75) is 58.5 Å². The lowest BCUT2D eigenvalue weighted by Gasteiger charge is -2.35. The summed E-state index contributed by atoms with van der Waals surface area (Å²) in [5, 5.41) is 3.46. The Bertz CT molecular complexity index is 952. The van der Waals surface area contributed by atoms with E-state index in [0.717, 1.165) is 42.6 Å². The molecule has 1 fully saturated rings. The Morgan fingerprint density at radius 1 is 1.06 bits per heavy atom. The summed E-state index contributed by atoms with van der Waals surface area (Å²) >= 11 is 6.40. The van der Waals surface area contributed by atoms with E-state index in [9.17, 15) is 9.59 Å². The van der Waals surface area contributed by atoms with Gasteiger partial charge >= 0.3 is 0 Å². The molecule has 0 bridgehead atoms. The van der Waals surface area contributed by atoms with Gasteiger partial charge in [-0.3, -0.25) is 9.59 Å². The van der Waals surface area contributed by atoms with Gasteiger partial charge in [0.2, 0.25) is 5.91 Å². The van der Waals surface area contributed by atoms with Crippen molar-refractivity contribution in [3.8, 4) is 0 Å². The van der Waals surface area contributed by atoms with Crippen LogP contribution in [-0.2, 0) is 11.3 Å². The fourth-order valence-electron chi connectivity index (χ4n) is 4.25. The molecule has 32 heavy (non-hydrogen) atoms. The summed E-state index contributed by atoms with van der Waals surface area (Å²) in [5.74, 6) is -0.166. The van der Waals surface area contributed by atoms with E-state index in [2.05, 4.69) is 5.32 Å². The number of anilines is 2. The fourth-order valence-corrected chi connectivity index (χ4v) is 4.46. The molecule has 6 heteroatoms. The minimum absolute atomic E-state index is 0.0233. The van der Waals surface area contributed by atoms with Crippen molar-refractivity contribution in [3.05, 3.63) is 58.6 Å². The van der Waals surface area contributed by atoms with Gasteiger partial charge in [-0.15, -0.1) is 0 Å². The van der Waals surface area contributed by atoms with E-state index in [4.69, 9.17) is 11.6 Å². The number of nitrogens with zero attached hydrogens (tertiary/aromatic N) is 2. The second-order valence-corrected chi connectivity index (χ2v) is 9.49. The monoisotopic (exact) mass is 455 g/mol. The third kappa shape index (κ3) is 5.83. The van der Waals surface area contributed by atoms with Gasteiger partial charge < -0.3 is 15.1 Å². The molecule has 1 aliphatic carbocycles. The Morgan fingerprint density at radius 3 is 2.38 bits per heavy atom. The van der Waals surface area contributed by atoms with Crippen LogP contribution < -0.4 is 10.2 Å². The molecule has 2 amide bonds. The van der Waals surface area contributed by atoms with Crippen LogP contribution in [0.3, 0.4) is 0 Å². The predicted octanol–water partition coefficient (Wildman–Crippen LogP) is 5.98. The Hall–Kier alpha value is -2.53. The highest BCUT2D eigenvalue weighted by molar-refractivity contribution is 6.33. The lowest BCUT2D eigenvalue weighted by Crippen LogP contribution is -2.41. The van der Waals surface area contributed by atoms with Crippen LogP contribution in [0.2, 0.25) is 5.02 Å². The summed E-state index contributed by atoms with van der Waals surface area (Å²) < 4.78 is 0. The lowest BCUT2D eigenvalue weighted by molar-refractivity contribution is -0.118. The third-order valence-corrected chi connectivity index (χ3v) is 6.40. The summed E-state index contributed by atoms with van der Waals surface area (Å²) in [7, 11) is 3.98. The maximum atomic E-state index is 13.7. The quantitative estimate of drug-likeness (QED) is 0.559. The van der Waals surface area contributed by atoms with Crippen molar-refractivity contribution < 1.29 is 9.59 Å². The molecule has 0 aliphatic heterocycles. The van der Waals surface area contributed by atoms with Crippen LogP contribution in [0.4, 0.5) is 11.4 Å². The van der Waals surface area contributed by atoms with Gasteiger partial charge in [0.1, 0.15) is 0 Å². The van der Waals surface area contributed by atoms with Gasteiger partial charge in [0.05, 0.1) is 10.6 Å². The van der Waals surface area contributed by atoms with Crippen molar-refractivity contribution in [1.29, 1.82) is 0 Å². The molecule has 1 N–H and O–H groups in total. The molecule has 0 spiro atoms. The van der Waals surface area contributed by atoms with Crippen molar-refractivity contribution in [2.24, 2.45) is 5.92 Å². The van der Waals surface area contributed by atoms with E-state index in [-0.39, 0.29) is 23.8 Å². The molecule has 0 heterocycles. The Labute approximate surface area is 196 Å². The molecular formula is C26H34ClN3O2. The number of carbonyl (C=O) groups excluding carboxylic acids is 2. The van der Waals surface area contributed by atoms with Gasteiger partial charge in [-0.1, -0.05) is 56.8 Å². The fraction of sp³-hybridized carbons (Fsp3) is 0.462. The number of hydrogen-bond donors (Lipinski definition) is 1. The molecule has 5 nitrogen and oxygen atoms in total. The first-order chi connectivity index (χ1) is 15.3. The molecular weight excluding hydrogens is 422 g/mol. The minimum atomic E-state index is -0.104. The molecule has 0 saturated heterocycles. The molecule has 172 valence electrons. The van der Waals surface area contributed by atoms with Crippen LogP contribution in [0, 0.1) is 5.92 Å². The third-order valence-electron chi connectivity index (χ3n) is 6.07. The molecule has 0 radical (unpaired) electrons. The summed E-state index contributed by atoms with van der Waals surface area (Å²) in [5.41, 5.74) is 3.32. The average Bonchev–Trinajstić information content (AvgIpc) is 2.77. The average molecular weight is 456 g/mol. The zero-order valence-corrected chi connectivity index (χ0v) is 20.3. The predicted molar refractivity (Wildman–Crippen MR) is 132 cm³/mol. The second kappa shape index (κ2) is 10.9. The first kappa shape index (κ1) is 24.1. The van der Waals surface area contributed by atoms with Gasteiger partial charge in [0.15, 0.2) is 0 Å². The summed E-state index contributed by atoms with van der Waals surface area (Å²) in [6.07, 6.45) is 5.46. The number of hydrogen-bond acceptors (Lipinski definition) is 3. The minimum Gasteiger partial charge on any atom is -0.377 e. The Morgan fingerprint density at radius 2 is 1.75 bits per heavy atom. The molecule has 1 aliphatic rings. The van der Waals surface area contributed by atoms with Gasteiger partial charge in [-0.2, -0.15) is 0 Å². The molecule has 2 aromatic carbocycles. The summed E-state index contributed by atoms with van der Waals surface area (Å²) in [6.45, 7) is 4.21. The van der Waals surface area contributed by atoms with Crippen molar-refractivity contribution >= 4 is 34.8 Å². The van der Waals surface area contributed by atoms with Crippen LogP contribution in [-0.4, -0.2) is 36.9 Å². The summed E-state index contributed by atoms with van der Waals surface area (Å²) in [4.78, 5) is 29.9.